The van der Waals surface area contributed by atoms with Gasteiger partial charge in [-0.25, -0.2) is 4.98 Å². The number of benzene rings is 1. The van der Waals surface area contributed by atoms with Gasteiger partial charge in [-0.3, -0.25) is 10.1 Å². The van der Waals surface area contributed by atoms with Crippen molar-refractivity contribution in [3.8, 4) is 0 Å². The highest BCUT2D eigenvalue weighted by Gasteiger charge is 2.10. The van der Waals surface area contributed by atoms with Crippen molar-refractivity contribution in [2.45, 2.75) is 13.5 Å². The van der Waals surface area contributed by atoms with Crippen LogP contribution in [0, 0.1) is 17.0 Å². The maximum absolute atomic E-state index is 10.8. The molecule has 0 aliphatic rings. The smallest absolute Gasteiger partial charge is 0.274 e. The third-order valence-corrected chi connectivity index (χ3v) is 3.00. The van der Waals surface area contributed by atoms with Gasteiger partial charge in [0.2, 0.25) is 0 Å². The minimum atomic E-state index is -0.372. The second-order valence-electron chi connectivity index (χ2n) is 3.59. The van der Waals surface area contributed by atoms with E-state index in [1.807, 2.05) is 11.4 Å². The maximum Gasteiger partial charge on any atom is 0.274 e. The first-order valence-electron chi connectivity index (χ1n) is 5.03. The molecule has 0 radical (unpaired) electrons. The third kappa shape index (κ3) is 2.79. The quantitative estimate of drug-likeness (QED) is 0.668. The van der Waals surface area contributed by atoms with Crippen molar-refractivity contribution in [3.63, 3.8) is 0 Å². The van der Waals surface area contributed by atoms with E-state index in [-0.39, 0.29) is 10.6 Å². The van der Waals surface area contributed by atoms with Gasteiger partial charge in [0, 0.05) is 22.7 Å². The molecule has 5 nitrogen and oxygen atoms in total. The van der Waals surface area contributed by atoms with E-state index in [1.54, 1.807) is 24.6 Å². The van der Waals surface area contributed by atoms with E-state index >= 15 is 0 Å². The molecule has 0 unspecified atom stereocenters. The molecule has 1 heterocycles. The molecule has 0 saturated carbocycles. The van der Waals surface area contributed by atoms with Crippen molar-refractivity contribution in [2.75, 3.05) is 5.32 Å². The summed E-state index contributed by atoms with van der Waals surface area (Å²) in [6.07, 6.45) is 0. The van der Waals surface area contributed by atoms with E-state index in [4.69, 9.17) is 0 Å². The van der Waals surface area contributed by atoms with E-state index in [0.29, 0.717) is 12.1 Å². The monoisotopic (exact) mass is 249 g/mol. The molecule has 2 aromatic rings. The SMILES string of the molecule is Cc1ccc(NCc2cscn2)cc1[N+](=O)[O-]. The summed E-state index contributed by atoms with van der Waals surface area (Å²) in [6, 6.07) is 5.11. The Labute approximate surface area is 102 Å². The van der Waals surface area contributed by atoms with Gasteiger partial charge in [0.05, 0.1) is 22.7 Å². The van der Waals surface area contributed by atoms with Crippen LogP contribution in [0.5, 0.6) is 0 Å². The molecule has 0 atom stereocenters. The van der Waals surface area contributed by atoms with E-state index in [0.717, 1.165) is 11.4 Å². The van der Waals surface area contributed by atoms with Gasteiger partial charge in [-0.15, -0.1) is 11.3 Å². The number of aryl methyl sites for hydroxylation is 1. The van der Waals surface area contributed by atoms with Crippen molar-refractivity contribution < 1.29 is 4.92 Å². The Balaban J connectivity index is 2.11. The zero-order valence-corrected chi connectivity index (χ0v) is 10.0. The van der Waals surface area contributed by atoms with Gasteiger partial charge in [0.25, 0.3) is 5.69 Å². The molecule has 0 fully saturated rings. The van der Waals surface area contributed by atoms with Crippen LogP contribution >= 0.6 is 11.3 Å². The van der Waals surface area contributed by atoms with E-state index in [9.17, 15) is 10.1 Å². The van der Waals surface area contributed by atoms with Crippen molar-refractivity contribution in [1.82, 2.24) is 4.98 Å². The molecule has 17 heavy (non-hydrogen) atoms. The molecule has 1 N–H and O–H groups in total. The minimum Gasteiger partial charge on any atom is -0.379 e. The predicted molar refractivity (Wildman–Crippen MR) is 67.3 cm³/mol. The van der Waals surface area contributed by atoms with Crippen LogP contribution in [0.15, 0.2) is 29.1 Å². The van der Waals surface area contributed by atoms with Gasteiger partial charge >= 0.3 is 0 Å². The number of thiazole rings is 1. The standard InChI is InChI=1S/C11H11N3O2S/c1-8-2-3-9(4-11(8)14(15)16)12-5-10-6-17-7-13-10/h2-4,6-7,12H,5H2,1H3. The largest absolute Gasteiger partial charge is 0.379 e. The summed E-state index contributed by atoms with van der Waals surface area (Å²) in [7, 11) is 0. The summed E-state index contributed by atoms with van der Waals surface area (Å²) in [5.74, 6) is 0. The number of hydrogen-bond acceptors (Lipinski definition) is 5. The first-order valence-corrected chi connectivity index (χ1v) is 5.97. The maximum atomic E-state index is 10.8. The molecule has 1 aromatic heterocycles. The first kappa shape index (κ1) is 11.5. The minimum absolute atomic E-state index is 0.133. The molecule has 0 bridgehead atoms. The Hall–Kier alpha value is -1.95. The van der Waals surface area contributed by atoms with Crippen molar-refractivity contribution in [3.05, 3.63) is 50.5 Å². The number of nitrogens with zero attached hydrogens (tertiary/aromatic N) is 2. The fourth-order valence-electron chi connectivity index (χ4n) is 1.43. The van der Waals surface area contributed by atoms with Crippen LogP contribution in [0.4, 0.5) is 11.4 Å². The van der Waals surface area contributed by atoms with E-state index in [2.05, 4.69) is 10.3 Å². The molecule has 1 aromatic carbocycles. The molecular formula is C11H11N3O2S. The summed E-state index contributed by atoms with van der Waals surface area (Å²) in [5, 5.41) is 15.8. The Kier molecular flexibility index (Phi) is 3.34. The number of anilines is 1. The Morgan fingerprint density at radius 3 is 3.00 bits per heavy atom. The van der Waals surface area contributed by atoms with Crippen LogP contribution < -0.4 is 5.32 Å². The molecule has 0 aliphatic heterocycles. The first-order chi connectivity index (χ1) is 8.16. The topological polar surface area (TPSA) is 68.1 Å². The Morgan fingerprint density at radius 1 is 1.53 bits per heavy atom. The number of nitro benzene ring substituents is 1. The van der Waals surface area contributed by atoms with E-state index < -0.39 is 0 Å². The fourth-order valence-corrected chi connectivity index (χ4v) is 1.99. The van der Waals surface area contributed by atoms with Gasteiger partial charge in [0.15, 0.2) is 0 Å². The molecule has 2 rings (SSSR count). The zero-order valence-electron chi connectivity index (χ0n) is 9.21. The normalized spacial score (nSPS) is 10.2. The summed E-state index contributed by atoms with van der Waals surface area (Å²) < 4.78 is 0. The number of hydrogen-bond donors (Lipinski definition) is 1. The molecule has 0 amide bonds. The van der Waals surface area contributed by atoms with Gasteiger partial charge in [-0.05, 0) is 13.0 Å². The number of nitrogens with one attached hydrogen (secondary N) is 1. The highest BCUT2D eigenvalue weighted by molar-refractivity contribution is 7.07. The van der Waals surface area contributed by atoms with Crippen LogP contribution in [0.25, 0.3) is 0 Å². The van der Waals surface area contributed by atoms with E-state index in [1.165, 1.54) is 11.3 Å². The lowest BCUT2D eigenvalue weighted by Crippen LogP contribution is -2.00. The number of aromatic nitrogens is 1. The molecule has 0 aliphatic carbocycles. The molecule has 88 valence electrons. The third-order valence-electron chi connectivity index (χ3n) is 2.36. The zero-order chi connectivity index (χ0) is 12.3. The highest BCUT2D eigenvalue weighted by Crippen LogP contribution is 2.22. The second kappa shape index (κ2) is 4.92. The fraction of sp³-hybridized carbons (Fsp3) is 0.182. The summed E-state index contributed by atoms with van der Waals surface area (Å²) in [4.78, 5) is 14.5. The highest BCUT2D eigenvalue weighted by atomic mass is 32.1. The molecule has 0 saturated heterocycles. The summed E-state index contributed by atoms with van der Waals surface area (Å²) in [5.41, 5.74) is 4.21. The Morgan fingerprint density at radius 2 is 2.35 bits per heavy atom. The number of nitro groups is 1. The van der Waals surface area contributed by atoms with Crippen LogP contribution in [0.1, 0.15) is 11.3 Å². The van der Waals surface area contributed by atoms with Crippen LogP contribution in [-0.4, -0.2) is 9.91 Å². The molecule has 6 heteroatoms. The van der Waals surface area contributed by atoms with Gasteiger partial charge in [-0.1, -0.05) is 6.07 Å². The lowest BCUT2D eigenvalue weighted by atomic mass is 10.2. The average Bonchev–Trinajstić information content (AvgIpc) is 2.80. The lowest BCUT2D eigenvalue weighted by Gasteiger charge is -2.05. The van der Waals surface area contributed by atoms with Crippen LogP contribution in [0.3, 0.4) is 0 Å². The number of rotatable bonds is 4. The lowest BCUT2D eigenvalue weighted by molar-refractivity contribution is -0.385. The van der Waals surface area contributed by atoms with Gasteiger partial charge in [0.1, 0.15) is 0 Å². The Bertz CT molecular complexity index is 526. The summed E-state index contributed by atoms with van der Waals surface area (Å²) >= 11 is 1.53. The van der Waals surface area contributed by atoms with Gasteiger partial charge < -0.3 is 5.32 Å². The predicted octanol–water partition coefficient (Wildman–Crippen LogP) is 2.97. The van der Waals surface area contributed by atoms with Crippen LogP contribution in [-0.2, 0) is 6.54 Å². The van der Waals surface area contributed by atoms with Crippen molar-refractivity contribution in [2.24, 2.45) is 0 Å². The second-order valence-corrected chi connectivity index (χ2v) is 4.31. The van der Waals surface area contributed by atoms with Gasteiger partial charge in [-0.2, -0.15) is 0 Å². The van der Waals surface area contributed by atoms with Crippen molar-refractivity contribution >= 4 is 22.7 Å². The van der Waals surface area contributed by atoms with Crippen LogP contribution in [0.2, 0.25) is 0 Å². The molecular weight excluding hydrogens is 238 g/mol. The summed E-state index contributed by atoms with van der Waals surface area (Å²) in [6.45, 7) is 2.30. The molecule has 0 spiro atoms. The van der Waals surface area contributed by atoms with Crippen molar-refractivity contribution in [1.29, 1.82) is 0 Å². The average molecular weight is 249 g/mol.